The van der Waals surface area contributed by atoms with E-state index in [2.05, 4.69) is 22.0 Å². The fourth-order valence-electron chi connectivity index (χ4n) is 5.11. The molecule has 0 spiro atoms. The van der Waals surface area contributed by atoms with E-state index >= 15 is 0 Å². The smallest absolute Gasteiger partial charge is 0.169 e. The molecule has 2 aromatic heterocycles. The SMILES string of the molecule is S=C(NCc1ccccc1)c1c(-c2ccc(Cl)c(Cl)c2)c2c3n(c(COc4ccccc4)nn13)CCCC2. The number of rotatable bonds is 7. The van der Waals surface area contributed by atoms with Gasteiger partial charge in [-0.25, -0.2) is 4.52 Å². The molecule has 1 aliphatic rings. The summed E-state index contributed by atoms with van der Waals surface area (Å²) >= 11 is 18.8. The number of nitrogens with zero attached hydrogens (tertiary/aromatic N) is 3. The van der Waals surface area contributed by atoms with Crippen LogP contribution in [0.15, 0.2) is 78.9 Å². The lowest BCUT2D eigenvalue weighted by atomic mass is 9.98. The Bertz CT molecular complexity index is 1610. The molecule has 38 heavy (non-hydrogen) atoms. The third-order valence-electron chi connectivity index (χ3n) is 6.89. The van der Waals surface area contributed by atoms with Crippen molar-refractivity contribution in [2.45, 2.75) is 39.0 Å². The molecule has 0 radical (unpaired) electrons. The molecular weight excluding hydrogens is 535 g/mol. The maximum atomic E-state index is 6.48. The summed E-state index contributed by atoms with van der Waals surface area (Å²) in [5.74, 6) is 1.69. The van der Waals surface area contributed by atoms with Gasteiger partial charge >= 0.3 is 0 Å². The number of hydrogen-bond donors (Lipinski definition) is 1. The first-order valence-electron chi connectivity index (χ1n) is 12.7. The van der Waals surface area contributed by atoms with E-state index in [1.165, 1.54) is 5.56 Å². The maximum absolute atomic E-state index is 6.48. The van der Waals surface area contributed by atoms with Gasteiger partial charge in [0.25, 0.3) is 0 Å². The number of halogens is 2. The highest BCUT2D eigenvalue weighted by atomic mass is 35.5. The second kappa shape index (κ2) is 10.8. The van der Waals surface area contributed by atoms with Gasteiger partial charge in [-0.3, -0.25) is 0 Å². The number of nitrogens with one attached hydrogen (secondary N) is 1. The zero-order valence-corrected chi connectivity index (χ0v) is 23.0. The molecule has 3 heterocycles. The van der Waals surface area contributed by atoms with Crippen molar-refractivity contribution in [2.75, 3.05) is 0 Å². The molecule has 0 saturated heterocycles. The molecule has 0 atom stereocenters. The van der Waals surface area contributed by atoms with Crippen molar-refractivity contribution in [3.05, 3.63) is 112 Å². The van der Waals surface area contributed by atoms with Crippen LogP contribution in [0.5, 0.6) is 5.75 Å². The summed E-state index contributed by atoms with van der Waals surface area (Å²) in [7, 11) is 0. The molecule has 5 aromatic rings. The Balaban J connectivity index is 1.47. The highest BCUT2D eigenvalue weighted by molar-refractivity contribution is 7.80. The summed E-state index contributed by atoms with van der Waals surface area (Å²) in [5, 5.41) is 9.59. The van der Waals surface area contributed by atoms with E-state index in [0.717, 1.165) is 65.4 Å². The summed E-state index contributed by atoms with van der Waals surface area (Å²) < 4.78 is 10.4. The van der Waals surface area contributed by atoms with Gasteiger partial charge in [-0.15, -0.1) is 5.10 Å². The molecule has 6 rings (SSSR count). The number of ether oxygens (including phenoxy) is 1. The quantitative estimate of drug-likeness (QED) is 0.209. The second-order valence-corrected chi connectivity index (χ2v) is 10.6. The van der Waals surface area contributed by atoms with Gasteiger partial charge < -0.3 is 14.6 Å². The van der Waals surface area contributed by atoms with Crippen molar-refractivity contribution >= 4 is 46.1 Å². The minimum Gasteiger partial charge on any atom is -0.486 e. The lowest BCUT2D eigenvalue weighted by Crippen LogP contribution is -2.24. The highest BCUT2D eigenvalue weighted by Crippen LogP contribution is 2.39. The van der Waals surface area contributed by atoms with Gasteiger partial charge in [-0.2, -0.15) is 0 Å². The van der Waals surface area contributed by atoms with Crippen LogP contribution in [0.1, 0.15) is 35.5 Å². The summed E-state index contributed by atoms with van der Waals surface area (Å²) in [4.78, 5) is 0.636. The zero-order chi connectivity index (χ0) is 26.1. The first-order chi connectivity index (χ1) is 18.6. The van der Waals surface area contributed by atoms with Crippen LogP contribution >= 0.6 is 35.4 Å². The third kappa shape index (κ3) is 4.80. The Morgan fingerprint density at radius 1 is 0.947 bits per heavy atom. The maximum Gasteiger partial charge on any atom is 0.169 e. The van der Waals surface area contributed by atoms with Crippen molar-refractivity contribution in [3.63, 3.8) is 0 Å². The van der Waals surface area contributed by atoms with Crippen LogP contribution in [0, 0.1) is 0 Å². The molecule has 8 heteroatoms. The summed E-state index contributed by atoms with van der Waals surface area (Å²) in [6, 6.07) is 25.9. The van der Waals surface area contributed by atoms with E-state index in [1.807, 2.05) is 71.2 Å². The first-order valence-corrected chi connectivity index (χ1v) is 13.8. The molecule has 1 N–H and O–H groups in total. The molecule has 0 bridgehead atoms. The third-order valence-corrected chi connectivity index (χ3v) is 7.97. The lowest BCUT2D eigenvalue weighted by Gasteiger charge is -2.12. The molecule has 0 aliphatic carbocycles. The van der Waals surface area contributed by atoms with E-state index in [-0.39, 0.29) is 0 Å². The van der Waals surface area contributed by atoms with E-state index in [4.69, 9.17) is 45.3 Å². The molecule has 3 aromatic carbocycles. The first kappa shape index (κ1) is 25.0. The van der Waals surface area contributed by atoms with Gasteiger partial charge in [-0.1, -0.05) is 90.0 Å². The summed E-state index contributed by atoms with van der Waals surface area (Å²) in [6.45, 7) is 1.86. The number of thiocarbonyl (C=S) groups is 1. The number of para-hydroxylation sites is 1. The van der Waals surface area contributed by atoms with Crippen molar-refractivity contribution in [1.29, 1.82) is 0 Å². The number of aromatic nitrogens is 3. The minimum atomic E-state index is 0.372. The van der Waals surface area contributed by atoms with Crippen LogP contribution in [0.3, 0.4) is 0 Å². The van der Waals surface area contributed by atoms with E-state index < -0.39 is 0 Å². The molecule has 0 saturated carbocycles. The molecule has 192 valence electrons. The topological polar surface area (TPSA) is 43.5 Å². The molecular formula is C30H26Cl2N4OS. The van der Waals surface area contributed by atoms with Gasteiger partial charge in [0, 0.05) is 24.2 Å². The fraction of sp³-hybridized carbons (Fsp3) is 0.200. The summed E-state index contributed by atoms with van der Waals surface area (Å²) in [5.41, 5.74) is 6.34. The van der Waals surface area contributed by atoms with Crippen LogP contribution in [0.25, 0.3) is 16.8 Å². The Morgan fingerprint density at radius 2 is 1.71 bits per heavy atom. The number of hydrogen-bond acceptors (Lipinski definition) is 3. The number of benzene rings is 3. The molecule has 0 fully saturated rings. The van der Waals surface area contributed by atoms with Crippen molar-refractivity contribution in [1.82, 2.24) is 19.5 Å². The van der Waals surface area contributed by atoms with Gasteiger partial charge in [0.15, 0.2) is 5.82 Å². The Kier molecular flexibility index (Phi) is 7.11. The van der Waals surface area contributed by atoms with Gasteiger partial charge in [0.2, 0.25) is 0 Å². The molecule has 0 unspecified atom stereocenters. The summed E-state index contributed by atoms with van der Waals surface area (Å²) in [6.07, 6.45) is 3.05. The molecule has 5 nitrogen and oxygen atoms in total. The van der Waals surface area contributed by atoms with E-state index in [0.29, 0.717) is 28.2 Å². The fourth-order valence-corrected chi connectivity index (χ4v) is 5.67. The predicted octanol–water partition coefficient (Wildman–Crippen LogP) is 7.49. The molecule has 1 aliphatic heterocycles. The largest absolute Gasteiger partial charge is 0.486 e. The average molecular weight is 562 g/mol. The van der Waals surface area contributed by atoms with E-state index in [9.17, 15) is 0 Å². The monoisotopic (exact) mass is 560 g/mol. The van der Waals surface area contributed by atoms with Crippen LogP contribution < -0.4 is 10.1 Å². The number of aryl methyl sites for hydroxylation is 2. The van der Waals surface area contributed by atoms with Crippen LogP contribution in [-0.2, 0) is 26.1 Å². The predicted molar refractivity (Wildman–Crippen MR) is 157 cm³/mol. The normalized spacial score (nSPS) is 12.9. The van der Waals surface area contributed by atoms with Gasteiger partial charge in [-0.05, 0) is 54.7 Å². The zero-order valence-electron chi connectivity index (χ0n) is 20.7. The van der Waals surface area contributed by atoms with Gasteiger partial charge in [0.05, 0.1) is 10.0 Å². The average Bonchev–Trinajstić information content (AvgIpc) is 3.35. The van der Waals surface area contributed by atoms with E-state index in [1.54, 1.807) is 0 Å². The van der Waals surface area contributed by atoms with Crippen molar-refractivity contribution in [2.24, 2.45) is 0 Å². The Morgan fingerprint density at radius 3 is 2.47 bits per heavy atom. The molecule has 0 amide bonds. The van der Waals surface area contributed by atoms with Crippen LogP contribution in [0.2, 0.25) is 10.0 Å². The Hall–Kier alpha value is -3.32. The van der Waals surface area contributed by atoms with Crippen LogP contribution in [0.4, 0.5) is 0 Å². The van der Waals surface area contributed by atoms with Crippen LogP contribution in [-0.4, -0.2) is 19.2 Å². The lowest BCUT2D eigenvalue weighted by molar-refractivity contribution is 0.288. The van der Waals surface area contributed by atoms with Crippen molar-refractivity contribution in [3.8, 4) is 16.9 Å². The highest BCUT2D eigenvalue weighted by Gasteiger charge is 2.29. The Labute approximate surface area is 237 Å². The minimum absolute atomic E-state index is 0.372. The standard InChI is InChI=1S/C30H26Cl2N4OS/c31-24-15-14-21(17-25(24)32)27-23-13-7-8-16-35-26(19-37-22-11-5-2-6-12-22)34-36(30(23)35)28(27)29(38)33-18-20-9-3-1-4-10-20/h1-6,9-12,14-15,17H,7-8,13,16,18-19H2,(H,33,38). The van der Waals surface area contributed by atoms with Gasteiger partial charge in [0.1, 0.15) is 28.7 Å². The van der Waals surface area contributed by atoms with Crippen molar-refractivity contribution < 1.29 is 4.74 Å². The second-order valence-electron chi connectivity index (χ2n) is 9.36.